The van der Waals surface area contributed by atoms with Crippen molar-refractivity contribution in [3.8, 4) is 5.75 Å². The van der Waals surface area contributed by atoms with E-state index in [2.05, 4.69) is 10.0 Å². The average Bonchev–Trinajstić information content (AvgIpc) is 2.51. The summed E-state index contributed by atoms with van der Waals surface area (Å²) in [6, 6.07) is 6.56. The molecule has 0 radical (unpaired) electrons. The van der Waals surface area contributed by atoms with Crippen LogP contribution in [0.4, 0.5) is 20.2 Å². The summed E-state index contributed by atoms with van der Waals surface area (Å²) in [6.45, 7) is 1.56. The van der Waals surface area contributed by atoms with Crippen LogP contribution in [-0.2, 0) is 14.8 Å². The van der Waals surface area contributed by atoms with Crippen LogP contribution in [-0.4, -0.2) is 20.4 Å². The number of nitrogens with one attached hydrogen (secondary N) is 2. The van der Waals surface area contributed by atoms with Gasteiger partial charge >= 0.3 is 0 Å². The fourth-order valence-electron chi connectivity index (χ4n) is 2.13. The molecule has 2 N–H and O–H groups in total. The van der Waals surface area contributed by atoms with Gasteiger partial charge < -0.3 is 10.1 Å². The number of hydrogen-bond acceptors (Lipinski definition) is 4. The predicted octanol–water partition coefficient (Wildman–Crippen LogP) is 2.49. The zero-order valence-corrected chi connectivity index (χ0v) is 13.2. The molecule has 0 saturated heterocycles. The number of fused-ring (bicyclic) bond motifs is 1. The Labute approximate surface area is 136 Å². The Kier molecular flexibility index (Phi) is 3.88. The summed E-state index contributed by atoms with van der Waals surface area (Å²) in [5.41, 5.74) is 0.0896. The highest BCUT2D eigenvalue weighted by Gasteiger charge is 2.25. The second-order valence-corrected chi connectivity index (χ2v) is 6.82. The first-order valence-corrected chi connectivity index (χ1v) is 8.34. The van der Waals surface area contributed by atoms with E-state index in [9.17, 15) is 22.0 Å². The molecule has 1 atom stereocenters. The molecular formula is C15H12F2N2O4S. The maximum absolute atomic E-state index is 13.2. The van der Waals surface area contributed by atoms with E-state index in [-0.39, 0.29) is 16.3 Å². The normalized spacial score (nSPS) is 16.8. The van der Waals surface area contributed by atoms with E-state index in [1.54, 1.807) is 6.92 Å². The first-order chi connectivity index (χ1) is 11.3. The topological polar surface area (TPSA) is 84.5 Å². The lowest BCUT2D eigenvalue weighted by molar-refractivity contribution is -0.122. The number of amides is 1. The monoisotopic (exact) mass is 354 g/mol. The van der Waals surface area contributed by atoms with Crippen LogP contribution < -0.4 is 14.8 Å². The third-order valence-electron chi connectivity index (χ3n) is 3.36. The summed E-state index contributed by atoms with van der Waals surface area (Å²) in [5.74, 6) is -2.31. The van der Waals surface area contributed by atoms with Gasteiger partial charge in [0.15, 0.2) is 17.7 Å². The standard InChI is InChI=1S/C15H12F2N2O4S/c1-8-15(20)18-13-7-10(3-5-14(13)23-8)24(21,22)19-9-2-4-11(16)12(17)6-9/h2-8,19H,1H3,(H,18,20). The maximum Gasteiger partial charge on any atom is 0.265 e. The van der Waals surface area contributed by atoms with Crippen molar-refractivity contribution in [2.75, 3.05) is 10.0 Å². The molecule has 1 amide bonds. The fraction of sp³-hybridized carbons (Fsp3) is 0.133. The number of benzene rings is 2. The van der Waals surface area contributed by atoms with Crippen LogP contribution in [0, 0.1) is 11.6 Å². The Hall–Kier alpha value is -2.68. The van der Waals surface area contributed by atoms with Crippen LogP contribution in [0.5, 0.6) is 5.75 Å². The molecule has 0 spiro atoms. The molecule has 1 aliphatic rings. The summed E-state index contributed by atoms with van der Waals surface area (Å²) in [4.78, 5) is 11.4. The van der Waals surface area contributed by atoms with Crippen LogP contribution in [0.3, 0.4) is 0 Å². The largest absolute Gasteiger partial charge is 0.479 e. The van der Waals surface area contributed by atoms with E-state index in [0.717, 1.165) is 18.2 Å². The summed E-state index contributed by atoms with van der Waals surface area (Å²) in [7, 11) is -4.05. The molecule has 126 valence electrons. The van der Waals surface area contributed by atoms with Crippen LogP contribution in [0.1, 0.15) is 6.92 Å². The molecule has 1 aliphatic heterocycles. The third kappa shape index (κ3) is 3.02. The highest BCUT2D eigenvalue weighted by molar-refractivity contribution is 7.92. The van der Waals surface area contributed by atoms with Gasteiger partial charge in [0.2, 0.25) is 0 Å². The minimum absolute atomic E-state index is 0.125. The molecule has 6 nitrogen and oxygen atoms in total. The highest BCUT2D eigenvalue weighted by atomic mass is 32.2. The third-order valence-corrected chi connectivity index (χ3v) is 4.74. The summed E-state index contributed by atoms with van der Waals surface area (Å²) >= 11 is 0. The van der Waals surface area contributed by atoms with Gasteiger partial charge in [0.25, 0.3) is 15.9 Å². The van der Waals surface area contributed by atoms with Gasteiger partial charge in [-0.15, -0.1) is 0 Å². The van der Waals surface area contributed by atoms with Gasteiger partial charge in [-0.25, -0.2) is 17.2 Å². The minimum atomic E-state index is -4.05. The van der Waals surface area contributed by atoms with Crippen LogP contribution in [0.2, 0.25) is 0 Å². The molecular weight excluding hydrogens is 342 g/mol. The SMILES string of the molecule is CC1Oc2ccc(S(=O)(=O)Nc3ccc(F)c(F)c3)cc2NC1=O. The van der Waals surface area contributed by atoms with Crippen LogP contribution in [0.25, 0.3) is 0 Å². The Morgan fingerprint density at radius 3 is 2.58 bits per heavy atom. The molecule has 0 aromatic heterocycles. The number of sulfonamides is 1. The van der Waals surface area contributed by atoms with Crippen molar-refractivity contribution in [3.05, 3.63) is 48.0 Å². The molecule has 2 aromatic carbocycles. The average molecular weight is 354 g/mol. The molecule has 0 fully saturated rings. The number of halogens is 2. The Morgan fingerprint density at radius 1 is 1.12 bits per heavy atom. The van der Waals surface area contributed by atoms with Gasteiger partial charge in [-0.2, -0.15) is 0 Å². The van der Waals surface area contributed by atoms with Gasteiger partial charge in [-0.3, -0.25) is 9.52 Å². The van der Waals surface area contributed by atoms with Crippen LogP contribution >= 0.6 is 0 Å². The van der Waals surface area contributed by atoms with E-state index >= 15 is 0 Å². The van der Waals surface area contributed by atoms with Crippen molar-refractivity contribution in [3.63, 3.8) is 0 Å². The number of anilines is 2. The lowest BCUT2D eigenvalue weighted by Crippen LogP contribution is -2.34. The molecule has 2 aromatic rings. The minimum Gasteiger partial charge on any atom is -0.479 e. The van der Waals surface area contributed by atoms with Gasteiger partial charge in [0.1, 0.15) is 5.75 Å². The molecule has 0 saturated carbocycles. The highest BCUT2D eigenvalue weighted by Crippen LogP contribution is 2.32. The first-order valence-electron chi connectivity index (χ1n) is 6.86. The van der Waals surface area contributed by atoms with Crippen molar-refractivity contribution in [1.82, 2.24) is 0 Å². The van der Waals surface area contributed by atoms with E-state index in [1.807, 2.05) is 0 Å². The zero-order valence-electron chi connectivity index (χ0n) is 12.3. The molecule has 24 heavy (non-hydrogen) atoms. The number of ether oxygens (including phenoxy) is 1. The number of carbonyl (C=O) groups excluding carboxylic acids is 1. The lowest BCUT2D eigenvalue weighted by atomic mass is 10.2. The second-order valence-electron chi connectivity index (χ2n) is 5.14. The van der Waals surface area contributed by atoms with E-state index in [4.69, 9.17) is 4.74 Å². The van der Waals surface area contributed by atoms with Gasteiger partial charge in [0, 0.05) is 6.07 Å². The molecule has 1 heterocycles. The maximum atomic E-state index is 13.2. The summed E-state index contributed by atoms with van der Waals surface area (Å²) < 4.78 is 58.3. The van der Waals surface area contributed by atoms with E-state index < -0.39 is 33.7 Å². The smallest absolute Gasteiger partial charge is 0.265 e. The molecule has 0 aliphatic carbocycles. The molecule has 1 unspecified atom stereocenters. The Morgan fingerprint density at radius 2 is 1.88 bits per heavy atom. The first kappa shape index (κ1) is 16.2. The second kappa shape index (κ2) is 5.75. The van der Waals surface area contributed by atoms with E-state index in [0.29, 0.717) is 5.75 Å². The van der Waals surface area contributed by atoms with Gasteiger partial charge in [-0.05, 0) is 37.3 Å². The molecule has 9 heteroatoms. The number of hydrogen-bond donors (Lipinski definition) is 2. The zero-order chi connectivity index (χ0) is 17.5. The number of carbonyl (C=O) groups is 1. The molecule has 0 bridgehead atoms. The fourth-order valence-corrected chi connectivity index (χ4v) is 3.20. The summed E-state index contributed by atoms with van der Waals surface area (Å²) in [6.07, 6.45) is -0.680. The molecule has 3 rings (SSSR count). The van der Waals surface area contributed by atoms with Crippen molar-refractivity contribution in [1.29, 1.82) is 0 Å². The van der Waals surface area contributed by atoms with Crippen molar-refractivity contribution >= 4 is 27.3 Å². The Bertz CT molecular complexity index is 931. The van der Waals surface area contributed by atoms with E-state index in [1.165, 1.54) is 18.2 Å². The van der Waals surface area contributed by atoms with Crippen molar-refractivity contribution < 1.29 is 26.7 Å². The van der Waals surface area contributed by atoms with Crippen LogP contribution in [0.15, 0.2) is 41.3 Å². The van der Waals surface area contributed by atoms with Crippen molar-refractivity contribution in [2.45, 2.75) is 17.9 Å². The lowest BCUT2D eigenvalue weighted by Gasteiger charge is -2.23. The van der Waals surface area contributed by atoms with Gasteiger partial charge in [0.05, 0.1) is 16.3 Å². The quantitative estimate of drug-likeness (QED) is 0.887. The van der Waals surface area contributed by atoms with Gasteiger partial charge in [-0.1, -0.05) is 0 Å². The number of rotatable bonds is 3. The van der Waals surface area contributed by atoms with Crippen molar-refractivity contribution in [2.24, 2.45) is 0 Å². The predicted molar refractivity (Wildman–Crippen MR) is 82.3 cm³/mol. The summed E-state index contributed by atoms with van der Waals surface area (Å²) in [5, 5.41) is 2.54. The Balaban J connectivity index is 1.91.